The molecule has 1 aromatic rings. The summed E-state index contributed by atoms with van der Waals surface area (Å²) in [4.78, 5) is 8.86. The highest BCUT2D eigenvalue weighted by atomic mass is 16.6. The van der Waals surface area contributed by atoms with Crippen molar-refractivity contribution in [2.75, 3.05) is 7.11 Å². The van der Waals surface area contributed by atoms with Gasteiger partial charge in [0.25, 0.3) is 0 Å². The monoisotopic (exact) mass is 152 g/mol. The molecule has 0 aliphatic heterocycles. The third-order valence-corrected chi connectivity index (χ3v) is 1.37. The SMILES string of the molecule is CONCc1ccc(C)cn1. The highest BCUT2D eigenvalue weighted by Crippen LogP contribution is 1.97. The highest BCUT2D eigenvalue weighted by Gasteiger charge is 1.91. The largest absolute Gasteiger partial charge is 0.305 e. The summed E-state index contributed by atoms with van der Waals surface area (Å²) in [6, 6.07) is 4.00. The molecule has 1 aromatic heterocycles. The van der Waals surface area contributed by atoms with Gasteiger partial charge in [-0.05, 0) is 18.6 Å². The van der Waals surface area contributed by atoms with E-state index in [4.69, 9.17) is 0 Å². The first-order valence-corrected chi connectivity index (χ1v) is 3.50. The minimum Gasteiger partial charge on any atom is -0.305 e. The average Bonchev–Trinajstić information content (AvgIpc) is 2.04. The maximum Gasteiger partial charge on any atom is 0.0633 e. The Balaban J connectivity index is 2.52. The van der Waals surface area contributed by atoms with E-state index in [-0.39, 0.29) is 0 Å². The smallest absolute Gasteiger partial charge is 0.0633 e. The van der Waals surface area contributed by atoms with Crippen molar-refractivity contribution in [1.82, 2.24) is 10.5 Å². The molecule has 0 aliphatic rings. The van der Waals surface area contributed by atoms with E-state index in [0.29, 0.717) is 6.54 Å². The lowest BCUT2D eigenvalue weighted by molar-refractivity contribution is 0.0858. The number of rotatable bonds is 3. The van der Waals surface area contributed by atoms with Crippen LogP contribution in [0.15, 0.2) is 18.3 Å². The van der Waals surface area contributed by atoms with Gasteiger partial charge in [-0.3, -0.25) is 4.98 Å². The van der Waals surface area contributed by atoms with Gasteiger partial charge in [-0.25, -0.2) is 0 Å². The van der Waals surface area contributed by atoms with Crippen molar-refractivity contribution in [1.29, 1.82) is 0 Å². The fourth-order valence-electron chi connectivity index (χ4n) is 0.749. The van der Waals surface area contributed by atoms with Gasteiger partial charge in [0.15, 0.2) is 0 Å². The van der Waals surface area contributed by atoms with E-state index >= 15 is 0 Å². The van der Waals surface area contributed by atoms with Crippen molar-refractivity contribution < 1.29 is 4.84 Å². The molecule has 3 nitrogen and oxygen atoms in total. The number of nitrogens with zero attached hydrogens (tertiary/aromatic N) is 1. The van der Waals surface area contributed by atoms with Crippen molar-refractivity contribution in [3.63, 3.8) is 0 Å². The van der Waals surface area contributed by atoms with Crippen LogP contribution < -0.4 is 5.48 Å². The van der Waals surface area contributed by atoms with Gasteiger partial charge in [-0.15, -0.1) is 0 Å². The first kappa shape index (κ1) is 8.17. The summed E-state index contributed by atoms with van der Waals surface area (Å²) in [5, 5.41) is 0. The average molecular weight is 152 g/mol. The van der Waals surface area contributed by atoms with E-state index in [1.165, 1.54) is 5.56 Å². The second-order valence-corrected chi connectivity index (χ2v) is 2.35. The standard InChI is InChI=1S/C8H12N2O/c1-7-3-4-8(9-5-7)6-10-11-2/h3-5,10H,6H2,1-2H3. The first-order chi connectivity index (χ1) is 5.33. The Labute approximate surface area is 66.4 Å². The molecular formula is C8H12N2O. The minimum absolute atomic E-state index is 0.650. The number of pyridine rings is 1. The van der Waals surface area contributed by atoms with Gasteiger partial charge in [-0.2, -0.15) is 5.48 Å². The van der Waals surface area contributed by atoms with Crippen molar-refractivity contribution in [2.24, 2.45) is 0 Å². The van der Waals surface area contributed by atoms with Crippen LogP contribution in [0.3, 0.4) is 0 Å². The Morgan fingerprint density at radius 2 is 2.36 bits per heavy atom. The van der Waals surface area contributed by atoms with Gasteiger partial charge in [-0.1, -0.05) is 6.07 Å². The second kappa shape index (κ2) is 4.05. The molecule has 1 rings (SSSR count). The molecule has 0 fully saturated rings. The third kappa shape index (κ3) is 2.65. The quantitative estimate of drug-likeness (QED) is 0.657. The molecule has 1 N–H and O–H groups in total. The van der Waals surface area contributed by atoms with E-state index < -0.39 is 0 Å². The Kier molecular flexibility index (Phi) is 3.01. The molecule has 0 unspecified atom stereocenters. The maximum absolute atomic E-state index is 4.69. The van der Waals surface area contributed by atoms with Crippen LogP contribution in [0.1, 0.15) is 11.3 Å². The summed E-state index contributed by atoms with van der Waals surface area (Å²) in [6.07, 6.45) is 1.84. The number of hydrogen-bond donors (Lipinski definition) is 1. The Morgan fingerprint density at radius 1 is 1.55 bits per heavy atom. The number of nitrogens with one attached hydrogen (secondary N) is 1. The Morgan fingerprint density at radius 3 is 2.91 bits per heavy atom. The van der Waals surface area contributed by atoms with Crippen molar-refractivity contribution in [2.45, 2.75) is 13.5 Å². The Hall–Kier alpha value is -0.930. The van der Waals surface area contributed by atoms with E-state index in [1.807, 2.05) is 25.3 Å². The fourth-order valence-corrected chi connectivity index (χ4v) is 0.749. The van der Waals surface area contributed by atoms with E-state index in [9.17, 15) is 0 Å². The normalized spacial score (nSPS) is 10.0. The molecule has 60 valence electrons. The zero-order valence-electron chi connectivity index (χ0n) is 6.79. The maximum atomic E-state index is 4.69. The predicted molar refractivity (Wildman–Crippen MR) is 42.8 cm³/mol. The Bertz CT molecular complexity index is 208. The summed E-state index contributed by atoms with van der Waals surface area (Å²) in [5.74, 6) is 0. The van der Waals surface area contributed by atoms with Gasteiger partial charge in [0.2, 0.25) is 0 Å². The van der Waals surface area contributed by atoms with Gasteiger partial charge in [0.05, 0.1) is 19.3 Å². The first-order valence-electron chi connectivity index (χ1n) is 3.50. The number of hydroxylamine groups is 1. The summed E-state index contributed by atoms with van der Waals surface area (Å²) in [5.41, 5.74) is 4.88. The molecule has 0 amide bonds. The minimum atomic E-state index is 0.650. The number of hydrogen-bond acceptors (Lipinski definition) is 3. The summed E-state index contributed by atoms with van der Waals surface area (Å²) in [6.45, 7) is 2.66. The lowest BCUT2D eigenvalue weighted by Crippen LogP contribution is -2.11. The van der Waals surface area contributed by atoms with Crippen molar-refractivity contribution in [3.05, 3.63) is 29.6 Å². The summed E-state index contributed by atoms with van der Waals surface area (Å²) >= 11 is 0. The predicted octanol–water partition coefficient (Wildman–Crippen LogP) is 1.04. The van der Waals surface area contributed by atoms with Gasteiger partial charge in [0.1, 0.15) is 0 Å². The van der Waals surface area contributed by atoms with Crippen LogP contribution in [0, 0.1) is 6.92 Å². The number of aromatic nitrogens is 1. The zero-order valence-corrected chi connectivity index (χ0v) is 6.79. The molecule has 0 aliphatic carbocycles. The van der Waals surface area contributed by atoms with Crippen LogP contribution in [-0.2, 0) is 11.4 Å². The molecule has 0 saturated heterocycles. The lowest BCUT2D eigenvalue weighted by atomic mass is 10.3. The lowest BCUT2D eigenvalue weighted by Gasteiger charge is -2.00. The van der Waals surface area contributed by atoms with Crippen molar-refractivity contribution >= 4 is 0 Å². The topological polar surface area (TPSA) is 34.1 Å². The second-order valence-electron chi connectivity index (χ2n) is 2.35. The van der Waals surface area contributed by atoms with Crippen LogP contribution >= 0.6 is 0 Å². The molecular weight excluding hydrogens is 140 g/mol. The molecule has 0 radical (unpaired) electrons. The van der Waals surface area contributed by atoms with E-state index in [0.717, 1.165) is 5.69 Å². The molecule has 0 aromatic carbocycles. The molecule has 0 spiro atoms. The van der Waals surface area contributed by atoms with Gasteiger partial charge >= 0.3 is 0 Å². The molecule has 3 heteroatoms. The van der Waals surface area contributed by atoms with Gasteiger partial charge in [0, 0.05) is 6.20 Å². The van der Waals surface area contributed by atoms with Crippen LogP contribution in [0.5, 0.6) is 0 Å². The summed E-state index contributed by atoms with van der Waals surface area (Å²) in [7, 11) is 1.59. The third-order valence-electron chi connectivity index (χ3n) is 1.37. The van der Waals surface area contributed by atoms with Crippen LogP contribution in [0.4, 0.5) is 0 Å². The molecule has 0 saturated carbocycles. The van der Waals surface area contributed by atoms with Crippen LogP contribution in [0.2, 0.25) is 0 Å². The van der Waals surface area contributed by atoms with Crippen LogP contribution in [-0.4, -0.2) is 12.1 Å². The van der Waals surface area contributed by atoms with E-state index in [2.05, 4.69) is 15.3 Å². The molecule has 0 bridgehead atoms. The molecule has 11 heavy (non-hydrogen) atoms. The highest BCUT2D eigenvalue weighted by molar-refractivity contribution is 5.11. The zero-order chi connectivity index (χ0) is 8.10. The number of aryl methyl sites for hydroxylation is 1. The van der Waals surface area contributed by atoms with Crippen molar-refractivity contribution in [3.8, 4) is 0 Å². The van der Waals surface area contributed by atoms with Crippen LogP contribution in [0.25, 0.3) is 0 Å². The fraction of sp³-hybridized carbons (Fsp3) is 0.375. The molecule has 1 heterocycles. The van der Waals surface area contributed by atoms with E-state index in [1.54, 1.807) is 7.11 Å². The molecule has 0 atom stereocenters. The summed E-state index contributed by atoms with van der Waals surface area (Å²) < 4.78 is 0. The van der Waals surface area contributed by atoms with Gasteiger partial charge < -0.3 is 4.84 Å².